The number of carbonyl (C=O) groups excluding carboxylic acids is 2. The number of hydrogen-bond acceptors (Lipinski definition) is 8. The van der Waals surface area contributed by atoms with Crippen molar-refractivity contribution >= 4 is 23.3 Å². The second-order valence-electron chi connectivity index (χ2n) is 5.72. The third-order valence-electron chi connectivity index (χ3n) is 3.93. The van der Waals surface area contributed by atoms with E-state index in [-0.39, 0.29) is 28.4 Å². The van der Waals surface area contributed by atoms with Crippen molar-refractivity contribution < 1.29 is 33.5 Å². The fourth-order valence-electron chi connectivity index (χ4n) is 2.46. The van der Waals surface area contributed by atoms with Crippen molar-refractivity contribution in [2.45, 2.75) is 13.0 Å². The Morgan fingerprint density at radius 3 is 2.31 bits per heavy atom. The highest BCUT2D eigenvalue weighted by molar-refractivity contribution is 5.99. The molecular formula is C19H20N2O8. The Bertz CT molecular complexity index is 928. The van der Waals surface area contributed by atoms with Gasteiger partial charge >= 0.3 is 5.97 Å². The Labute approximate surface area is 166 Å². The summed E-state index contributed by atoms with van der Waals surface area (Å²) in [6.45, 7) is 1.39. The first-order valence-corrected chi connectivity index (χ1v) is 8.37. The average molecular weight is 404 g/mol. The topological polar surface area (TPSA) is 126 Å². The third-order valence-corrected chi connectivity index (χ3v) is 3.93. The molecule has 0 aliphatic rings. The molecule has 10 nitrogen and oxygen atoms in total. The van der Waals surface area contributed by atoms with Gasteiger partial charge in [0.1, 0.15) is 11.3 Å². The predicted octanol–water partition coefficient (Wildman–Crippen LogP) is 2.80. The molecule has 0 saturated carbocycles. The van der Waals surface area contributed by atoms with Crippen LogP contribution in [0.4, 0.5) is 11.4 Å². The van der Waals surface area contributed by atoms with Gasteiger partial charge in [-0.05, 0) is 25.1 Å². The number of benzene rings is 2. The van der Waals surface area contributed by atoms with Gasteiger partial charge < -0.3 is 24.3 Å². The first-order chi connectivity index (χ1) is 13.8. The zero-order chi connectivity index (χ0) is 21.6. The fourth-order valence-corrected chi connectivity index (χ4v) is 2.46. The number of nitro benzene ring substituents is 1. The molecule has 0 saturated heterocycles. The van der Waals surface area contributed by atoms with E-state index >= 15 is 0 Å². The van der Waals surface area contributed by atoms with Crippen LogP contribution in [0.25, 0.3) is 0 Å². The minimum absolute atomic E-state index is 0.0967. The van der Waals surface area contributed by atoms with Gasteiger partial charge in [-0.2, -0.15) is 0 Å². The smallest absolute Gasteiger partial charge is 0.342 e. The largest absolute Gasteiger partial charge is 0.494 e. The maximum Gasteiger partial charge on any atom is 0.342 e. The van der Waals surface area contributed by atoms with Crippen LogP contribution in [-0.4, -0.2) is 44.2 Å². The number of anilines is 1. The van der Waals surface area contributed by atoms with Crippen LogP contribution in [0, 0.1) is 10.1 Å². The predicted molar refractivity (Wildman–Crippen MR) is 103 cm³/mol. The SMILES string of the molecule is COc1cc([N+](=O)[O-])ccc1NC(=O)[C@H](C)OC(=O)c1cccc(OC)c1OC. The highest BCUT2D eigenvalue weighted by Crippen LogP contribution is 2.32. The van der Waals surface area contributed by atoms with E-state index in [0.29, 0.717) is 5.75 Å². The van der Waals surface area contributed by atoms with Crippen molar-refractivity contribution in [3.63, 3.8) is 0 Å². The first kappa shape index (κ1) is 21.5. The molecule has 2 aromatic rings. The van der Waals surface area contributed by atoms with E-state index < -0.39 is 22.9 Å². The van der Waals surface area contributed by atoms with Crippen LogP contribution in [0.5, 0.6) is 17.2 Å². The van der Waals surface area contributed by atoms with Crippen molar-refractivity contribution in [1.82, 2.24) is 0 Å². The number of nitro groups is 1. The summed E-state index contributed by atoms with van der Waals surface area (Å²) in [7, 11) is 4.12. The maximum atomic E-state index is 12.5. The lowest BCUT2D eigenvalue weighted by Crippen LogP contribution is -2.30. The summed E-state index contributed by atoms with van der Waals surface area (Å²) in [4.78, 5) is 35.1. The zero-order valence-electron chi connectivity index (χ0n) is 16.3. The molecule has 0 spiro atoms. The van der Waals surface area contributed by atoms with E-state index in [2.05, 4.69) is 5.32 Å². The number of nitrogens with one attached hydrogen (secondary N) is 1. The minimum atomic E-state index is -1.17. The van der Waals surface area contributed by atoms with Gasteiger partial charge in [0.25, 0.3) is 11.6 Å². The summed E-state index contributed by atoms with van der Waals surface area (Å²) in [5.74, 6) is -0.800. The van der Waals surface area contributed by atoms with Crippen LogP contribution in [0.1, 0.15) is 17.3 Å². The molecule has 10 heteroatoms. The van der Waals surface area contributed by atoms with Crippen LogP contribution in [0.3, 0.4) is 0 Å². The number of carbonyl (C=O) groups is 2. The van der Waals surface area contributed by atoms with Gasteiger partial charge in [-0.3, -0.25) is 14.9 Å². The molecule has 2 aromatic carbocycles. The molecule has 0 heterocycles. The fraction of sp³-hybridized carbons (Fsp3) is 0.263. The molecule has 0 aromatic heterocycles. The Morgan fingerprint density at radius 2 is 1.72 bits per heavy atom. The molecule has 0 aliphatic heterocycles. The Balaban J connectivity index is 2.14. The van der Waals surface area contributed by atoms with Crippen molar-refractivity contribution in [3.8, 4) is 17.2 Å². The first-order valence-electron chi connectivity index (χ1n) is 8.37. The summed E-state index contributed by atoms with van der Waals surface area (Å²) in [6.07, 6.45) is -1.17. The number of rotatable bonds is 8. The molecule has 0 unspecified atom stereocenters. The number of hydrogen-bond donors (Lipinski definition) is 1. The number of amides is 1. The van der Waals surface area contributed by atoms with Crippen LogP contribution in [0.15, 0.2) is 36.4 Å². The van der Waals surface area contributed by atoms with Crippen molar-refractivity contribution in [2.24, 2.45) is 0 Å². The summed E-state index contributed by atoms with van der Waals surface area (Å²) < 4.78 is 20.6. The molecule has 0 aliphatic carbocycles. The van der Waals surface area contributed by atoms with E-state index in [9.17, 15) is 19.7 Å². The Hall–Kier alpha value is -3.82. The highest BCUT2D eigenvalue weighted by atomic mass is 16.6. The van der Waals surface area contributed by atoms with E-state index in [1.54, 1.807) is 12.1 Å². The van der Waals surface area contributed by atoms with Gasteiger partial charge in [0.2, 0.25) is 0 Å². The van der Waals surface area contributed by atoms with Crippen molar-refractivity contribution in [1.29, 1.82) is 0 Å². The molecule has 1 atom stereocenters. The summed E-state index contributed by atoms with van der Waals surface area (Å²) in [5, 5.41) is 13.4. The second-order valence-corrected chi connectivity index (χ2v) is 5.72. The number of para-hydroxylation sites is 1. The molecule has 154 valence electrons. The van der Waals surface area contributed by atoms with Crippen LogP contribution in [-0.2, 0) is 9.53 Å². The van der Waals surface area contributed by atoms with Crippen molar-refractivity contribution in [3.05, 3.63) is 52.1 Å². The molecule has 0 fully saturated rings. The van der Waals surface area contributed by atoms with Crippen LogP contribution < -0.4 is 19.5 Å². The Kier molecular flexibility index (Phi) is 6.96. The van der Waals surface area contributed by atoms with Gasteiger partial charge in [0, 0.05) is 6.07 Å². The number of esters is 1. The van der Waals surface area contributed by atoms with E-state index in [1.165, 1.54) is 52.5 Å². The van der Waals surface area contributed by atoms with E-state index in [1.807, 2.05) is 0 Å². The third kappa shape index (κ3) is 4.92. The minimum Gasteiger partial charge on any atom is -0.494 e. The molecule has 29 heavy (non-hydrogen) atoms. The van der Waals surface area contributed by atoms with Gasteiger partial charge in [0.05, 0.1) is 38.0 Å². The quantitative estimate of drug-likeness (QED) is 0.404. The molecule has 1 amide bonds. The average Bonchev–Trinajstić information content (AvgIpc) is 2.72. The lowest BCUT2D eigenvalue weighted by molar-refractivity contribution is -0.384. The number of ether oxygens (including phenoxy) is 4. The molecular weight excluding hydrogens is 384 g/mol. The molecule has 0 bridgehead atoms. The van der Waals surface area contributed by atoms with Gasteiger partial charge in [0.15, 0.2) is 17.6 Å². The van der Waals surface area contributed by atoms with Crippen molar-refractivity contribution in [2.75, 3.05) is 26.6 Å². The molecule has 0 radical (unpaired) electrons. The lowest BCUT2D eigenvalue weighted by Gasteiger charge is -2.16. The highest BCUT2D eigenvalue weighted by Gasteiger charge is 2.24. The standard InChI is InChI=1S/C19H20N2O8/c1-11(29-19(23)13-6-5-7-15(26-2)17(13)28-4)18(22)20-14-9-8-12(21(24)25)10-16(14)27-3/h5-11H,1-4H3,(H,20,22)/t11-/m0/s1. The summed E-state index contributed by atoms with van der Waals surface area (Å²) in [5.41, 5.74) is 0.105. The maximum absolute atomic E-state index is 12.5. The van der Waals surface area contributed by atoms with Gasteiger partial charge in [-0.25, -0.2) is 4.79 Å². The summed E-state index contributed by atoms with van der Waals surface area (Å²) >= 11 is 0. The van der Waals surface area contributed by atoms with Gasteiger partial charge in [-0.1, -0.05) is 6.07 Å². The monoisotopic (exact) mass is 404 g/mol. The number of nitrogens with zero attached hydrogens (tertiary/aromatic N) is 1. The molecule has 1 N–H and O–H groups in total. The van der Waals surface area contributed by atoms with Gasteiger partial charge in [-0.15, -0.1) is 0 Å². The normalized spacial score (nSPS) is 11.2. The summed E-state index contributed by atoms with van der Waals surface area (Å²) in [6, 6.07) is 8.41. The Morgan fingerprint density at radius 1 is 1.03 bits per heavy atom. The van der Waals surface area contributed by atoms with Crippen LogP contribution >= 0.6 is 0 Å². The van der Waals surface area contributed by atoms with Crippen LogP contribution in [0.2, 0.25) is 0 Å². The number of methoxy groups -OCH3 is 3. The molecule has 2 rings (SSSR count). The lowest BCUT2D eigenvalue weighted by atomic mass is 10.2. The number of non-ortho nitro benzene ring substituents is 1. The second kappa shape index (κ2) is 9.40. The zero-order valence-corrected chi connectivity index (χ0v) is 16.3. The van der Waals surface area contributed by atoms with E-state index in [0.717, 1.165) is 0 Å². The van der Waals surface area contributed by atoms with E-state index in [4.69, 9.17) is 18.9 Å².